The summed E-state index contributed by atoms with van der Waals surface area (Å²) in [5, 5.41) is 11.6. The fraction of sp³-hybridized carbons (Fsp3) is 0.333. The first-order valence-electron chi connectivity index (χ1n) is 16.1. The number of nitrogens with one attached hydrogen (secondary N) is 2. The van der Waals surface area contributed by atoms with Crippen LogP contribution in [0.25, 0.3) is 55.4 Å². The van der Waals surface area contributed by atoms with E-state index in [4.69, 9.17) is 14.1 Å². The predicted octanol–water partition coefficient (Wildman–Crippen LogP) is 8.41. The van der Waals surface area contributed by atoms with Crippen molar-refractivity contribution in [1.82, 2.24) is 29.7 Å². The fourth-order valence-corrected chi connectivity index (χ4v) is 7.01. The lowest BCUT2D eigenvalue weighted by atomic mass is 10.0. The van der Waals surface area contributed by atoms with Crippen LogP contribution in [0.5, 0.6) is 0 Å². The number of furan rings is 1. The molecule has 3 aromatic heterocycles. The highest BCUT2D eigenvalue weighted by atomic mass is 16.6. The van der Waals surface area contributed by atoms with E-state index in [1.807, 2.05) is 39.0 Å². The van der Waals surface area contributed by atoms with Crippen molar-refractivity contribution >= 4 is 45.2 Å². The Morgan fingerprint density at radius 2 is 1.49 bits per heavy atom. The minimum absolute atomic E-state index is 0.145. The molecule has 2 saturated heterocycles. The molecule has 0 radical (unpaired) electrons. The molecule has 0 aliphatic carbocycles. The Hall–Kier alpha value is -5.32. The highest BCUT2D eigenvalue weighted by Crippen LogP contribution is 2.37. The number of imidazole rings is 2. The summed E-state index contributed by atoms with van der Waals surface area (Å²) in [7, 11) is 0. The second-order valence-electron chi connectivity index (χ2n) is 13.5. The second-order valence-corrected chi connectivity index (χ2v) is 13.5. The SMILES string of the molecule is CC(C)(C)OC(=O)N1CCCC1c1nc2ccc(-c3ccc4c(c3)oc3cc(-c5cnc(C6CCCN6C(=O)O)[nH]5)ccc34)cc2[nH]1. The third-order valence-corrected chi connectivity index (χ3v) is 9.22. The van der Waals surface area contributed by atoms with Gasteiger partial charge in [-0.05, 0) is 94.0 Å². The van der Waals surface area contributed by atoms with Crippen LogP contribution in [0, 0.1) is 0 Å². The third-order valence-electron chi connectivity index (χ3n) is 9.22. The van der Waals surface area contributed by atoms with Gasteiger partial charge in [-0.15, -0.1) is 0 Å². The molecule has 8 rings (SSSR count). The Morgan fingerprint density at radius 3 is 2.21 bits per heavy atom. The maximum atomic E-state index is 12.9. The number of rotatable bonds is 4. The first-order chi connectivity index (χ1) is 22.6. The van der Waals surface area contributed by atoms with E-state index >= 15 is 0 Å². The number of carbonyl (C=O) groups excluding carboxylic acids is 1. The van der Waals surface area contributed by atoms with Crippen molar-refractivity contribution in [3.8, 4) is 22.4 Å². The van der Waals surface area contributed by atoms with Crippen molar-refractivity contribution in [3.63, 3.8) is 0 Å². The molecule has 2 aliphatic rings. The number of H-pyrrole nitrogens is 2. The number of aromatic nitrogens is 4. The number of carbonyl (C=O) groups is 2. The molecule has 2 aliphatic heterocycles. The first kappa shape index (κ1) is 29.1. The summed E-state index contributed by atoms with van der Waals surface area (Å²) in [5.74, 6) is 1.44. The average Bonchev–Trinajstić information content (AvgIpc) is 3.86. The summed E-state index contributed by atoms with van der Waals surface area (Å²) in [5.41, 5.74) is 6.53. The number of aromatic amines is 2. The topological polar surface area (TPSA) is 141 Å². The zero-order valence-electron chi connectivity index (χ0n) is 26.5. The number of benzene rings is 3. The second kappa shape index (κ2) is 10.9. The van der Waals surface area contributed by atoms with Crippen molar-refractivity contribution < 1.29 is 23.8 Å². The Kier molecular flexibility index (Phi) is 6.75. The van der Waals surface area contributed by atoms with Crippen molar-refractivity contribution in [2.24, 2.45) is 0 Å². The molecule has 240 valence electrons. The van der Waals surface area contributed by atoms with E-state index in [-0.39, 0.29) is 18.2 Å². The van der Waals surface area contributed by atoms with Crippen LogP contribution in [0.2, 0.25) is 0 Å². The molecule has 0 bridgehead atoms. The van der Waals surface area contributed by atoms with Gasteiger partial charge in [0.2, 0.25) is 0 Å². The molecule has 5 heterocycles. The molecule has 2 fully saturated rings. The highest BCUT2D eigenvalue weighted by molar-refractivity contribution is 6.07. The Morgan fingerprint density at radius 1 is 0.851 bits per heavy atom. The number of hydrogen-bond donors (Lipinski definition) is 3. The Labute approximate surface area is 270 Å². The van der Waals surface area contributed by atoms with E-state index in [9.17, 15) is 14.7 Å². The van der Waals surface area contributed by atoms with E-state index in [0.717, 1.165) is 86.9 Å². The number of fused-ring (bicyclic) bond motifs is 4. The van der Waals surface area contributed by atoms with Crippen LogP contribution in [0.15, 0.2) is 65.2 Å². The van der Waals surface area contributed by atoms with Crippen LogP contribution in [0.1, 0.15) is 70.2 Å². The molecule has 2 amide bonds. The van der Waals surface area contributed by atoms with E-state index in [1.165, 1.54) is 4.90 Å². The quantitative estimate of drug-likeness (QED) is 0.177. The minimum Gasteiger partial charge on any atom is -0.465 e. The summed E-state index contributed by atoms with van der Waals surface area (Å²) in [6.07, 6.45) is 3.85. The molecule has 3 aromatic carbocycles. The molecular weight excluding hydrogens is 596 g/mol. The van der Waals surface area contributed by atoms with Gasteiger partial charge in [-0.25, -0.2) is 19.6 Å². The predicted molar refractivity (Wildman–Crippen MR) is 178 cm³/mol. The average molecular weight is 633 g/mol. The van der Waals surface area contributed by atoms with Crippen molar-refractivity contribution in [1.29, 1.82) is 0 Å². The number of likely N-dealkylation sites (tertiary alicyclic amines) is 2. The van der Waals surface area contributed by atoms with E-state index in [0.29, 0.717) is 18.9 Å². The smallest absolute Gasteiger partial charge is 0.410 e. The number of nitrogens with zero attached hydrogens (tertiary/aromatic N) is 4. The van der Waals surface area contributed by atoms with Gasteiger partial charge in [-0.1, -0.05) is 18.2 Å². The summed E-state index contributed by atoms with van der Waals surface area (Å²) < 4.78 is 12.0. The van der Waals surface area contributed by atoms with Crippen LogP contribution in [-0.2, 0) is 4.74 Å². The monoisotopic (exact) mass is 632 g/mol. The highest BCUT2D eigenvalue weighted by Gasteiger charge is 2.35. The molecule has 47 heavy (non-hydrogen) atoms. The number of amides is 2. The molecule has 6 aromatic rings. The summed E-state index contributed by atoms with van der Waals surface area (Å²) in [6.45, 7) is 6.81. The van der Waals surface area contributed by atoms with E-state index in [1.54, 1.807) is 11.1 Å². The van der Waals surface area contributed by atoms with Gasteiger partial charge in [-0.3, -0.25) is 9.80 Å². The maximum Gasteiger partial charge on any atom is 0.410 e. The molecule has 0 saturated carbocycles. The van der Waals surface area contributed by atoms with Gasteiger partial charge in [0.1, 0.15) is 28.4 Å². The van der Waals surface area contributed by atoms with Crippen LogP contribution in [0.4, 0.5) is 9.59 Å². The van der Waals surface area contributed by atoms with Gasteiger partial charge in [0, 0.05) is 29.4 Å². The largest absolute Gasteiger partial charge is 0.465 e. The van der Waals surface area contributed by atoms with E-state index < -0.39 is 11.7 Å². The third kappa shape index (κ3) is 5.25. The zero-order valence-corrected chi connectivity index (χ0v) is 26.5. The molecule has 2 unspecified atom stereocenters. The Balaban J connectivity index is 1.06. The van der Waals surface area contributed by atoms with Gasteiger partial charge in [-0.2, -0.15) is 0 Å². The molecule has 2 atom stereocenters. The first-order valence-corrected chi connectivity index (χ1v) is 16.1. The lowest BCUT2D eigenvalue weighted by Gasteiger charge is -2.27. The van der Waals surface area contributed by atoms with Crippen LogP contribution in [0.3, 0.4) is 0 Å². The normalized spacial score (nSPS) is 18.6. The minimum atomic E-state index is -0.918. The Bertz CT molecular complexity index is 2170. The van der Waals surface area contributed by atoms with Gasteiger partial charge in [0.25, 0.3) is 0 Å². The lowest BCUT2D eigenvalue weighted by molar-refractivity contribution is 0.0219. The van der Waals surface area contributed by atoms with Crippen LogP contribution < -0.4 is 0 Å². The standard InChI is InChI=1S/C36H36N6O5/c1-36(2,3)47-35(45)42-15-5-7-29(42)33-38-25-13-10-20(16-26(25)39-33)21-8-11-23-24-12-9-22(18-31(24)46-30(23)17-21)27-19-37-32(40-27)28-6-4-14-41(28)34(43)44/h8-13,16-19,28-29H,4-7,14-15H2,1-3H3,(H,37,40)(H,38,39)(H,43,44). The van der Waals surface area contributed by atoms with Gasteiger partial charge in [0.15, 0.2) is 0 Å². The number of ether oxygens (including phenoxy) is 1. The summed E-state index contributed by atoms with van der Waals surface area (Å²) in [6, 6.07) is 18.1. The number of carboxylic acid groups (broad SMARTS) is 1. The van der Waals surface area contributed by atoms with Crippen molar-refractivity contribution in [2.75, 3.05) is 13.1 Å². The zero-order chi connectivity index (χ0) is 32.4. The molecule has 3 N–H and O–H groups in total. The maximum absolute atomic E-state index is 12.9. The van der Waals surface area contributed by atoms with Gasteiger partial charge in [0.05, 0.1) is 35.0 Å². The lowest BCUT2D eigenvalue weighted by Crippen LogP contribution is -2.36. The molecule has 11 heteroatoms. The van der Waals surface area contributed by atoms with Crippen molar-refractivity contribution in [2.45, 2.75) is 64.1 Å². The molecular formula is C36H36N6O5. The van der Waals surface area contributed by atoms with Gasteiger partial charge >= 0.3 is 12.2 Å². The number of hydrogen-bond acceptors (Lipinski definition) is 6. The van der Waals surface area contributed by atoms with Crippen LogP contribution in [-0.4, -0.2) is 65.7 Å². The van der Waals surface area contributed by atoms with Crippen LogP contribution >= 0.6 is 0 Å². The fourth-order valence-electron chi connectivity index (χ4n) is 7.01. The van der Waals surface area contributed by atoms with Gasteiger partial charge < -0.3 is 24.2 Å². The molecule has 11 nitrogen and oxygen atoms in total. The summed E-state index contributed by atoms with van der Waals surface area (Å²) in [4.78, 5) is 43.9. The van der Waals surface area contributed by atoms with E-state index in [2.05, 4.69) is 51.4 Å². The molecule has 0 spiro atoms. The summed E-state index contributed by atoms with van der Waals surface area (Å²) >= 11 is 0. The van der Waals surface area contributed by atoms with Crippen molar-refractivity contribution in [3.05, 3.63) is 72.4 Å².